The minimum absolute atomic E-state index is 0.646. The number of rotatable bonds is 4. The molecule has 1 heterocycles. The second-order valence-corrected chi connectivity index (χ2v) is 3.36. The highest BCUT2D eigenvalue weighted by atomic mass is 35.5. The van der Waals surface area contributed by atoms with Gasteiger partial charge in [-0.2, -0.15) is 0 Å². The van der Waals surface area contributed by atoms with Crippen molar-refractivity contribution in [2.24, 2.45) is 0 Å². The number of hydrogen-bond acceptors (Lipinski definition) is 2. The van der Waals surface area contributed by atoms with Crippen LogP contribution in [0.5, 0.6) is 0 Å². The lowest BCUT2D eigenvalue weighted by Crippen LogP contribution is -2.22. The first-order valence-corrected chi connectivity index (χ1v) is 4.46. The van der Waals surface area contributed by atoms with E-state index in [2.05, 4.69) is 18.0 Å². The topological polar surface area (TPSA) is 21.3 Å². The van der Waals surface area contributed by atoms with Gasteiger partial charge in [-0.15, -0.1) is 0 Å². The molecular formula is C9H14ClNO. The van der Waals surface area contributed by atoms with Crippen molar-refractivity contribution in [2.45, 2.75) is 6.42 Å². The van der Waals surface area contributed by atoms with E-state index in [1.165, 1.54) is 5.57 Å². The van der Waals surface area contributed by atoms with E-state index >= 15 is 0 Å². The Morgan fingerprint density at radius 3 is 3.17 bits per heavy atom. The summed E-state index contributed by atoms with van der Waals surface area (Å²) < 4.78 is 5.28. The van der Waals surface area contributed by atoms with Crippen LogP contribution in [0.1, 0.15) is 6.42 Å². The van der Waals surface area contributed by atoms with Crippen molar-refractivity contribution < 1.29 is 4.74 Å². The lowest BCUT2D eigenvalue weighted by Gasteiger charge is -2.13. The molecule has 1 N–H and O–H groups in total. The van der Waals surface area contributed by atoms with Crippen LogP contribution in [0.4, 0.5) is 0 Å². The van der Waals surface area contributed by atoms with E-state index in [0.717, 1.165) is 26.2 Å². The van der Waals surface area contributed by atoms with E-state index in [1.54, 1.807) is 0 Å². The SMILES string of the molecule is C=C(Cl)CNCC1=CCCOC1. The molecule has 0 aliphatic carbocycles. The maximum absolute atomic E-state index is 5.59. The third kappa shape index (κ3) is 3.90. The lowest BCUT2D eigenvalue weighted by molar-refractivity contribution is 0.149. The first-order valence-electron chi connectivity index (χ1n) is 4.08. The van der Waals surface area contributed by atoms with Crippen molar-refractivity contribution in [3.05, 3.63) is 23.3 Å². The monoisotopic (exact) mass is 187 g/mol. The van der Waals surface area contributed by atoms with Gasteiger partial charge in [-0.1, -0.05) is 24.3 Å². The molecule has 0 bridgehead atoms. The van der Waals surface area contributed by atoms with E-state index in [9.17, 15) is 0 Å². The Hall–Kier alpha value is -0.310. The van der Waals surface area contributed by atoms with E-state index in [0.29, 0.717) is 11.6 Å². The minimum Gasteiger partial charge on any atom is -0.377 e. The van der Waals surface area contributed by atoms with Crippen LogP contribution in [-0.4, -0.2) is 26.3 Å². The second kappa shape index (κ2) is 5.36. The van der Waals surface area contributed by atoms with E-state index < -0.39 is 0 Å². The van der Waals surface area contributed by atoms with Gasteiger partial charge in [-0.25, -0.2) is 0 Å². The molecular weight excluding hydrogens is 174 g/mol. The fourth-order valence-electron chi connectivity index (χ4n) is 1.09. The Labute approximate surface area is 78.2 Å². The number of halogens is 1. The fourth-order valence-corrected chi connectivity index (χ4v) is 1.18. The molecule has 1 aliphatic heterocycles. The van der Waals surface area contributed by atoms with Gasteiger partial charge >= 0.3 is 0 Å². The molecule has 0 aromatic rings. The molecule has 0 atom stereocenters. The first-order chi connectivity index (χ1) is 5.79. The summed E-state index contributed by atoms with van der Waals surface area (Å²) in [5.74, 6) is 0. The van der Waals surface area contributed by atoms with Crippen LogP contribution in [0.3, 0.4) is 0 Å². The minimum atomic E-state index is 0.646. The van der Waals surface area contributed by atoms with Crippen LogP contribution >= 0.6 is 11.6 Å². The predicted octanol–water partition coefficient (Wildman–Crippen LogP) is 1.68. The highest BCUT2D eigenvalue weighted by Gasteiger charge is 2.02. The molecule has 0 saturated carbocycles. The fraction of sp³-hybridized carbons (Fsp3) is 0.556. The molecule has 68 valence electrons. The van der Waals surface area contributed by atoms with Gasteiger partial charge in [0.15, 0.2) is 0 Å². The summed E-state index contributed by atoms with van der Waals surface area (Å²) in [5.41, 5.74) is 1.30. The van der Waals surface area contributed by atoms with Crippen LogP contribution in [0.2, 0.25) is 0 Å². The first kappa shape index (κ1) is 9.78. The number of ether oxygens (including phenoxy) is 1. The maximum atomic E-state index is 5.59. The summed E-state index contributed by atoms with van der Waals surface area (Å²) in [5, 5.41) is 3.82. The lowest BCUT2D eigenvalue weighted by atomic mass is 10.2. The summed E-state index contributed by atoms with van der Waals surface area (Å²) in [7, 11) is 0. The van der Waals surface area contributed by atoms with Crippen LogP contribution < -0.4 is 5.32 Å². The number of hydrogen-bond donors (Lipinski definition) is 1. The average Bonchev–Trinajstić information content (AvgIpc) is 2.05. The molecule has 0 saturated heterocycles. The molecule has 0 aromatic heterocycles. The summed E-state index contributed by atoms with van der Waals surface area (Å²) in [4.78, 5) is 0. The zero-order chi connectivity index (χ0) is 8.81. The third-order valence-corrected chi connectivity index (χ3v) is 1.79. The maximum Gasteiger partial charge on any atom is 0.0689 e. The van der Waals surface area contributed by atoms with Crippen molar-refractivity contribution >= 4 is 11.6 Å². The van der Waals surface area contributed by atoms with Crippen LogP contribution in [0.25, 0.3) is 0 Å². The smallest absolute Gasteiger partial charge is 0.0689 e. The Morgan fingerprint density at radius 1 is 1.75 bits per heavy atom. The predicted molar refractivity (Wildman–Crippen MR) is 51.4 cm³/mol. The molecule has 0 unspecified atom stereocenters. The van der Waals surface area contributed by atoms with Crippen LogP contribution in [0.15, 0.2) is 23.3 Å². The Balaban J connectivity index is 2.13. The molecule has 0 aromatic carbocycles. The summed E-state index contributed by atoms with van der Waals surface area (Å²) in [6.45, 7) is 6.71. The van der Waals surface area contributed by atoms with Gasteiger partial charge in [-0.3, -0.25) is 0 Å². The van der Waals surface area contributed by atoms with E-state index in [1.807, 2.05) is 0 Å². The molecule has 12 heavy (non-hydrogen) atoms. The Bertz CT molecular complexity index is 189. The molecule has 0 fully saturated rings. The van der Waals surface area contributed by atoms with Gasteiger partial charge in [0.2, 0.25) is 0 Å². The zero-order valence-corrected chi connectivity index (χ0v) is 7.86. The normalized spacial score (nSPS) is 17.2. The Morgan fingerprint density at radius 2 is 2.58 bits per heavy atom. The second-order valence-electron chi connectivity index (χ2n) is 2.82. The summed E-state index contributed by atoms with van der Waals surface area (Å²) in [6.07, 6.45) is 3.24. The molecule has 0 radical (unpaired) electrons. The molecule has 3 heteroatoms. The van der Waals surface area contributed by atoms with Crippen LogP contribution in [-0.2, 0) is 4.74 Å². The standard InChI is InChI=1S/C9H14ClNO/c1-8(10)5-11-6-9-3-2-4-12-7-9/h3,11H,1-2,4-7H2. The summed E-state index contributed by atoms with van der Waals surface area (Å²) in [6, 6.07) is 0. The van der Waals surface area contributed by atoms with Gasteiger partial charge in [0.1, 0.15) is 0 Å². The average molecular weight is 188 g/mol. The van der Waals surface area contributed by atoms with Crippen molar-refractivity contribution in [3.8, 4) is 0 Å². The summed E-state index contributed by atoms with van der Waals surface area (Å²) >= 11 is 5.59. The van der Waals surface area contributed by atoms with Crippen molar-refractivity contribution in [1.29, 1.82) is 0 Å². The van der Waals surface area contributed by atoms with Gasteiger partial charge < -0.3 is 10.1 Å². The third-order valence-electron chi connectivity index (χ3n) is 1.65. The molecule has 1 aliphatic rings. The van der Waals surface area contributed by atoms with Gasteiger partial charge in [0, 0.05) is 18.1 Å². The Kier molecular flexibility index (Phi) is 4.36. The molecule has 1 rings (SSSR count). The highest BCUT2D eigenvalue weighted by Crippen LogP contribution is 2.04. The number of nitrogens with one attached hydrogen (secondary N) is 1. The molecule has 0 amide bonds. The van der Waals surface area contributed by atoms with Crippen molar-refractivity contribution in [3.63, 3.8) is 0 Å². The highest BCUT2D eigenvalue weighted by molar-refractivity contribution is 6.29. The largest absolute Gasteiger partial charge is 0.377 e. The van der Waals surface area contributed by atoms with Gasteiger partial charge in [0.05, 0.1) is 13.2 Å². The molecule has 2 nitrogen and oxygen atoms in total. The van der Waals surface area contributed by atoms with Gasteiger partial charge in [0.25, 0.3) is 0 Å². The van der Waals surface area contributed by atoms with E-state index in [4.69, 9.17) is 16.3 Å². The molecule has 0 spiro atoms. The van der Waals surface area contributed by atoms with Gasteiger partial charge in [-0.05, 0) is 12.0 Å². The van der Waals surface area contributed by atoms with Crippen LogP contribution in [0, 0.1) is 0 Å². The van der Waals surface area contributed by atoms with Crippen molar-refractivity contribution in [1.82, 2.24) is 5.32 Å². The van der Waals surface area contributed by atoms with E-state index in [-0.39, 0.29) is 0 Å². The zero-order valence-electron chi connectivity index (χ0n) is 7.11. The van der Waals surface area contributed by atoms with Crippen molar-refractivity contribution in [2.75, 3.05) is 26.3 Å². The quantitative estimate of drug-likeness (QED) is 0.677.